The SMILES string of the molecule is COCCN=c1nc(NCCCN2CCCC2)nc2c(=Cc3cc(O)[nH]c3O)cnn12. The first kappa shape index (κ1) is 21.1. The molecule has 11 heteroatoms. The largest absolute Gasteiger partial charge is 0.494 e. The summed E-state index contributed by atoms with van der Waals surface area (Å²) in [6, 6.07) is 1.43. The van der Waals surface area contributed by atoms with Crippen LogP contribution < -0.4 is 16.2 Å². The van der Waals surface area contributed by atoms with Crippen molar-refractivity contribution in [3.05, 3.63) is 28.7 Å². The summed E-state index contributed by atoms with van der Waals surface area (Å²) in [4.78, 5) is 18.5. The number of nitrogens with one attached hydrogen (secondary N) is 2. The van der Waals surface area contributed by atoms with Crippen molar-refractivity contribution < 1.29 is 14.9 Å². The summed E-state index contributed by atoms with van der Waals surface area (Å²) in [7, 11) is 1.62. The topological polar surface area (TPSA) is 136 Å². The number of methoxy groups -OCH3 is 1. The molecule has 166 valence electrons. The van der Waals surface area contributed by atoms with Gasteiger partial charge >= 0.3 is 0 Å². The number of nitrogens with zero attached hydrogens (tertiary/aromatic N) is 6. The van der Waals surface area contributed by atoms with E-state index in [1.54, 1.807) is 23.9 Å². The van der Waals surface area contributed by atoms with Gasteiger partial charge in [-0.1, -0.05) is 0 Å². The Bertz CT molecular complexity index is 1130. The Hall–Kier alpha value is -3.18. The highest BCUT2D eigenvalue weighted by Gasteiger charge is 2.11. The molecule has 0 saturated carbocycles. The van der Waals surface area contributed by atoms with E-state index in [0.717, 1.165) is 19.5 Å². The van der Waals surface area contributed by atoms with Crippen molar-refractivity contribution in [1.29, 1.82) is 0 Å². The van der Waals surface area contributed by atoms with Crippen molar-refractivity contribution >= 4 is 17.7 Å². The lowest BCUT2D eigenvalue weighted by Crippen LogP contribution is -2.26. The van der Waals surface area contributed by atoms with E-state index >= 15 is 0 Å². The first-order valence-corrected chi connectivity index (χ1v) is 10.5. The molecular formula is C20H28N8O3. The van der Waals surface area contributed by atoms with Gasteiger partial charge in [-0.3, -0.25) is 4.98 Å². The third-order valence-corrected chi connectivity index (χ3v) is 5.18. The fourth-order valence-electron chi connectivity index (χ4n) is 3.63. The normalized spacial score (nSPS) is 16.0. The first-order chi connectivity index (χ1) is 15.1. The Balaban J connectivity index is 1.62. The zero-order chi connectivity index (χ0) is 21.6. The van der Waals surface area contributed by atoms with E-state index in [9.17, 15) is 10.2 Å². The number of anilines is 1. The molecule has 0 radical (unpaired) electrons. The Kier molecular flexibility index (Phi) is 6.63. The van der Waals surface area contributed by atoms with Crippen LogP contribution in [0.3, 0.4) is 0 Å². The highest BCUT2D eigenvalue weighted by molar-refractivity contribution is 5.61. The van der Waals surface area contributed by atoms with Gasteiger partial charge in [0.1, 0.15) is 0 Å². The lowest BCUT2D eigenvalue weighted by atomic mass is 10.2. The maximum Gasteiger partial charge on any atom is 0.251 e. The van der Waals surface area contributed by atoms with Crippen LogP contribution in [0.2, 0.25) is 0 Å². The van der Waals surface area contributed by atoms with Gasteiger partial charge in [-0.2, -0.15) is 19.6 Å². The Morgan fingerprint density at radius 1 is 1.29 bits per heavy atom. The zero-order valence-electron chi connectivity index (χ0n) is 17.6. The number of hydrogen-bond acceptors (Lipinski definition) is 9. The lowest BCUT2D eigenvalue weighted by Gasteiger charge is -2.14. The summed E-state index contributed by atoms with van der Waals surface area (Å²) < 4.78 is 6.64. The fraction of sp³-hybridized carbons (Fsp3) is 0.500. The first-order valence-electron chi connectivity index (χ1n) is 10.5. The molecule has 1 aliphatic heterocycles. The van der Waals surface area contributed by atoms with Crippen LogP contribution in [0.15, 0.2) is 17.3 Å². The molecule has 4 rings (SSSR count). The Labute approximate surface area is 179 Å². The molecule has 31 heavy (non-hydrogen) atoms. The number of ether oxygens (including phenoxy) is 1. The summed E-state index contributed by atoms with van der Waals surface area (Å²) in [5, 5.41) is 27.8. The monoisotopic (exact) mass is 428 g/mol. The van der Waals surface area contributed by atoms with Crippen molar-refractivity contribution in [3.63, 3.8) is 0 Å². The van der Waals surface area contributed by atoms with Gasteiger partial charge in [0, 0.05) is 30.5 Å². The number of aromatic nitrogens is 5. The third-order valence-electron chi connectivity index (χ3n) is 5.18. The summed E-state index contributed by atoms with van der Waals surface area (Å²) in [5.41, 5.74) is 1.40. The minimum absolute atomic E-state index is 0.120. The van der Waals surface area contributed by atoms with Gasteiger partial charge in [-0.15, -0.1) is 0 Å². The molecule has 1 aliphatic rings. The van der Waals surface area contributed by atoms with Crippen LogP contribution in [-0.2, 0) is 4.74 Å². The van der Waals surface area contributed by atoms with Crippen molar-refractivity contribution in [1.82, 2.24) is 29.5 Å². The van der Waals surface area contributed by atoms with Gasteiger partial charge in [0.2, 0.25) is 5.95 Å². The third kappa shape index (κ3) is 5.12. The Morgan fingerprint density at radius 3 is 2.87 bits per heavy atom. The van der Waals surface area contributed by atoms with Gasteiger partial charge in [-0.05, 0) is 45.0 Å². The van der Waals surface area contributed by atoms with Crippen LogP contribution in [0.25, 0.3) is 11.7 Å². The van der Waals surface area contributed by atoms with Crippen LogP contribution >= 0.6 is 0 Å². The molecule has 1 fully saturated rings. The summed E-state index contributed by atoms with van der Waals surface area (Å²) in [6.07, 6.45) is 6.89. The highest BCUT2D eigenvalue weighted by atomic mass is 16.5. The smallest absolute Gasteiger partial charge is 0.251 e. The molecule has 0 amide bonds. The molecule has 0 unspecified atom stereocenters. The summed E-state index contributed by atoms with van der Waals surface area (Å²) >= 11 is 0. The molecule has 0 bridgehead atoms. The average Bonchev–Trinajstić information content (AvgIpc) is 3.47. The second-order valence-corrected chi connectivity index (χ2v) is 7.49. The van der Waals surface area contributed by atoms with Gasteiger partial charge in [0.25, 0.3) is 5.62 Å². The second-order valence-electron chi connectivity index (χ2n) is 7.49. The second kappa shape index (κ2) is 9.75. The van der Waals surface area contributed by atoms with E-state index < -0.39 is 0 Å². The average molecular weight is 428 g/mol. The van der Waals surface area contributed by atoms with E-state index in [1.807, 2.05) is 0 Å². The van der Waals surface area contributed by atoms with Crippen molar-refractivity contribution in [3.8, 4) is 11.8 Å². The number of rotatable bonds is 9. The molecule has 3 aromatic rings. The van der Waals surface area contributed by atoms with Crippen LogP contribution in [0.5, 0.6) is 11.8 Å². The van der Waals surface area contributed by atoms with Crippen molar-refractivity contribution in [2.45, 2.75) is 19.3 Å². The minimum atomic E-state index is -0.129. The molecule has 3 aromatic heterocycles. The summed E-state index contributed by atoms with van der Waals surface area (Å²) in [5.74, 6) is 0.225. The van der Waals surface area contributed by atoms with E-state index in [1.165, 1.54) is 32.0 Å². The molecule has 0 spiro atoms. The van der Waals surface area contributed by atoms with Crippen LogP contribution in [0, 0.1) is 0 Å². The minimum Gasteiger partial charge on any atom is -0.494 e. The maximum atomic E-state index is 9.93. The van der Waals surface area contributed by atoms with Crippen molar-refractivity contribution in [2.24, 2.45) is 4.99 Å². The van der Waals surface area contributed by atoms with E-state index in [2.05, 4.69) is 35.3 Å². The molecule has 0 aliphatic carbocycles. The van der Waals surface area contributed by atoms with Crippen LogP contribution in [-0.4, -0.2) is 86.1 Å². The predicted molar refractivity (Wildman–Crippen MR) is 115 cm³/mol. The van der Waals surface area contributed by atoms with E-state index in [0.29, 0.717) is 41.1 Å². The number of aromatic amines is 1. The number of aromatic hydroxyl groups is 2. The number of likely N-dealkylation sites (tertiary alicyclic amines) is 1. The van der Waals surface area contributed by atoms with Gasteiger partial charge < -0.3 is 25.2 Å². The molecule has 4 N–H and O–H groups in total. The van der Waals surface area contributed by atoms with Crippen LogP contribution in [0.1, 0.15) is 24.8 Å². The van der Waals surface area contributed by atoms with Crippen LogP contribution in [0.4, 0.5) is 5.95 Å². The molecule has 0 atom stereocenters. The summed E-state index contributed by atoms with van der Waals surface area (Å²) in [6.45, 7) is 5.10. The molecular weight excluding hydrogens is 400 g/mol. The standard InChI is InChI=1S/C20H28N8O3/c1-31-10-6-22-20-26-19(21-5-4-9-27-7-2-3-8-27)25-17-15(13-23-28(17)20)11-14-12-16(29)24-18(14)30/h11-13,24,29-30H,2-10H2,1H3,(H,21,22,26). The van der Waals surface area contributed by atoms with Gasteiger partial charge in [-0.25, -0.2) is 4.99 Å². The number of H-pyrrole nitrogens is 1. The van der Waals surface area contributed by atoms with Gasteiger partial charge in [0.05, 0.1) is 19.3 Å². The fourth-order valence-corrected chi connectivity index (χ4v) is 3.63. The van der Waals surface area contributed by atoms with Gasteiger partial charge in [0.15, 0.2) is 17.4 Å². The maximum absolute atomic E-state index is 9.93. The van der Waals surface area contributed by atoms with E-state index in [4.69, 9.17) is 4.74 Å². The number of hydrogen-bond donors (Lipinski definition) is 4. The number of fused-ring (bicyclic) bond motifs is 1. The molecule has 4 heterocycles. The quantitative estimate of drug-likeness (QED) is 0.346. The predicted octanol–water partition coefficient (Wildman–Crippen LogP) is -0.144. The van der Waals surface area contributed by atoms with E-state index in [-0.39, 0.29) is 11.8 Å². The lowest BCUT2D eigenvalue weighted by molar-refractivity contribution is 0.207. The Morgan fingerprint density at radius 2 is 2.13 bits per heavy atom. The van der Waals surface area contributed by atoms with Crippen molar-refractivity contribution in [2.75, 3.05) is 51.8 Å². The molecule has 0 aromatic carbocycles. The highest BCUT2D eigenvalue weighted by Crippen LogP contribution is 2.21. The molecule has 1 saturated heterocycles. The molecule has 11 nitrogen and oxygen atoms in total. The zero-order valence-corrected chi connectivity index (χ0v) is 17.6.